The number of hydrogen-bond donors (Lipinski definition) is 8. The minimum atomic E-state index is -4.75. The van der Waals surface area contributed by atoms with Gasteiger partial charge in [-0.15, -0.1) is 45.3 Å². The van der Waals surface area contributed by atoms with Gasteiger partial charge >= 0.3 is 0 Å². The Kier molecular flexibility index (Phi) is 16.6. The number of anilines is 8. The van der Waals surface area contributed by atoms with E-state index in [-0.39, 0.29) is 44.5 Å². The molecule has 0 unspecified atom stereocenters. The van der Waals surface area contributed by atoms with E-state index >= 15 is 0 Å². The molecule has 0 saturated heterocycles. The number of amides is 4. The molecule has 8 heterocycles. The van der Waals surface area contributed by atoms with Crippen molar-refractivity contribution in [2.45, 2.75) is 157 Å². The van der Waals surface area contributed by atoms with Gasteiger partial charge in [0, 0.05) is 93.9 Å². The second kappa shape index (κ2) is 37.2. The van der Waals surface area contributed by atoms with Gasteiger partial charge in [-0.3, -0.25) is 38.4 Å². The van der Waals surface area contributed by atoms with Crippen LogP contribution in [-0.2, 0) is 40.1 Å². The third kappa shape index (κ3) is 21.0. The molecule has 40 heteroatoms. The van der Waals surface area contributed by atoms with Gasteiger partial charge in [0.05, 0.1) is 45.5 Å². The number of rotatable bonds is 24. The van der Waals surface area contributed by atoms with Crippen LogP contribution in [0.2, 0.25) is 0 Å². The summed E-state index contributed by atoms with van der Waals surface area (Å²) in [5, 5.41) is 27.8. The Bertz CT molecular complexity index is 8060. The number of ketones is 4. The molecule has 632 valence electrons. The molecule has 0 bridgehead atoms. The Balaban J connectivity index is 0.000000230. The molecule has 0 radical (unpaired) electrons. The average Bonchev–Trinajstić information content (AvgIpc) is 1.58. The molecule has 4 amide bonds. The van der Waals surface area contributed by atoms with E-state index in [0.29, 0.717) is 91.8 Å². The second-order valence-corrected chi connectivity index (χ2v) is 35.1. The number of sulfonamides is 4. The molecule has 12 rings (SSSR count). The Labute approximate surface area is 758 Å². The van der Waals surface area contributed by atoms with E-state index in [1.165, 1.54) is 49.0 Å². The Morgan fingerprint density at radius 1 is 0.308 bits per heavy atom. The van der Waals surface area contributed by atoms with Crippen LogP contribution in [0.4, 0.5) is 46.3 Å². The van der Waals surface area contributed by atoms with Crippen molar-refractivity contribution in [3.05, 3.63) is 226 Å². The van der Waals surface area contributed by atoms with Crippen molar-refractivity contribution in [2.75, 3.05) is 40.2 Å². The zero-order valence-electron chi connectivity index (χ0n) is 98.5. The Hall–Kier alpha value is -11.9. The SMILES string of the molecule is [2H]C([2H])([2H])C(=O)c1cc(C([2H])([2H])[2H])cc(C([2H])([2H])[2H])c1NC(=O)c1sccc1S(=O)(=O)Nc1onc(C)c1C.[2H]C([2H])([2H])C(=O)c1cc(C([2H])([2H])[2H])cc(C([2H])([2H])[2H])c1NC(=O)c1sccc1S(=O)(=O)Nc1onc(C)c1C([2H])([2H])[2H].[2H]C([2H])([2H])C(=O)c1cc(C)cc(C)c1NC(=O)c1sccc1S(=O)(=O)Nc1onc(C([2H])([2H])[2H])c1C.[2H]C([2H])([2H])C(=O)c1cc(C)cc(C)c1NC(=O)c1sccc1S(=O)(=O)Nc1onc(C([2H])([2H])[2H])c1C([2H])([2H])[2H]. The largest absolute Gasteiger partial charge is 0.337 e. The van der Waals surface area contributed by atoms with Crippen molar-refractivity contribution in [3.8, 4) is 0 Å². The fraction of sp³-hybridized carbons (Fsp3) is 0.250. The fourth-order valence-electron chi connectivity index (χ4n) is 10.4. The summed E-state index contributed by atoms with van der Waals surface area (Å²) in [5.74, 6) is -12.4. The van der Waals surface area contributed by atoms with Gasteiger partial charge in [0.15, 0.2) is 23.1 Å². The van der Waals surface area contributed by atoms with Crippen LogP contribution >= 0.6 is 45.3 Å². The lowest BCUT2D eigenvalue weighted by Gasteiger charge is -2.14. The molecular weight excluding hydrogens is 1710 g/mol. The summed E-state index contributed by atoms with van der Waals surface area (Å²) in [4.78, 5) is 99.6. The van der Waals surface area contributed by atoms with Crippen molar-refractivity contribution in [1.82, 2.24) is 20.6 Å². The van der Waals surface area contributed by atoms with E-state index in [1.807, 2.05) is 9.44 Å². The van der Waals surface area contributed by atoms with Crippen molar-refractivity contribution in [2.24, 2.45) is 0 Å². The van der Waals surface area contributed by atoms with E-state index in [0.717, 1.165) is 41.0 Å². The third-order valence-corrected chi connectivity index (χ3v) is 25.9. The number of aromatic nitrogens is 4. The Morgan fingerprint density at radius 3 is 0.825 bits per heavy atom. The maximum absolute atomic E-state index is 13.3. The van der Waals surface area contributed by atoms with Gasteiger partial charge in [-0.25, -0.2) is 52.6 Å². The molecule has 0 aliphatic rings. The number of Topliss-reactive ketones (excluding diaryl/α,β-unsaturated/α-hetero) is 4. The molecule has 8 N–H and O–H groups in total. The summed E-state index contributed by atoms with van der Waals surface area (Å²) in [6.07, 6.45) is 0. The molecule has 32 nitrogen and oxygen atoms in total. The second-order valence-electron chi connectivity index (χ2n) is 24.8. The smallest absolute Gasteiger partial charge is 0.267 e. The molecule has 0 fully saturated rings. The molecule has 12 aromatic rings. The molecule has 0 saturated carbocycles. The summed E-state index contributed by atoms with van der Waals surface area (Å²) in [5.41, 5.74) is -7.48. The number of carbonyl (C=O) groups excluding carboxylic acids is 8. The van der Waals surface area contributed by atoms with E-state index < -0.39 is 288 Å². The molecule has 0 aliphatic heterocycles. The van der Waals surface area contributed by atoms with E-state index in [9.17, 15) is 72.0 Å². The zero-order valence-corrected chi connectivity index (χ0v) is 69.0. The first-order valence-electron chi connectivity index (χ1n) is 50.9. The highest BCUT2D eigenvalue weighted by atomic mass is 32.2. The summed E-state index contributed by atoms with van der Waals surface area (Å²) in [6.45, 7) is -24.3. The molecule has 0 spiro atoms. The number of carbonyl (C=O) groups is 8. The third-order valence-electron chi connectivity index (χ3n) is 16.2. The normalized spacial score (nSPS) is 17.1. The van der Waals surface area contributed by atoms with Crippen LogP contribution in [0.3, 0.4) is 0 Å². The fourth-order valence-corrected chi connectivity index (χ4v) is 19.7. The number of nitrogens with zero attached hydrogens (tertiary/aromatic N) is 4. The maximum Gasteiger partial charge on any atom is 0.267 e. The van der Waals surface area contributed by atoms with E-state index in [2.05, 4.69) is 51.3 Å². The minimum Gasteiger partial charge on any atom is -0.337 e. The first kappa shape index (κ1) is 53.6. The standard InChI is InChI=1S/4C20H21N3O5S2/c4*1-10-8-11(2)17(15(9-10)14(5)24)21-19(25)18-16(6-7-29-18)30(26,27)23-20-12(3)13(4)22-28-20/h4*6-9,23H,1-5H3,(H,21,25)/i1D3,2D3,3D3,5D3;3D3,4D3,5D3;1D3,2D3,5D3;4D3,5D3. The quantitative estimate of drug-likeness (QED) is 0.0260. The summed E-state index contributed by atoms with van der Waals surface area (Å²) in [6, 6.07) is 12.8. The average molecular weight is 1830 g/mol. The number of benzene rings is 4. The van der Waals surface area contributed by atoms with Gasteiger partial charge in [0.1, 0.15) is 39.1 Å². The van der Waals surface area contributed by atoms with Gasteiger partial charge in [0.25, 0.3) is 63.7 Å². The lowest BCUT2D eigenvalue weighted by atomic mass is 10.0. The van der Waals surface area contributed by atoms with Crippen molar-refractivity contribution < 1.29 is 139 Å². The zero-order chi connectivity index (χ0) is 119. The summed E-state index contributed by atoms with van der Waals surface area (Å²) >= 11 is 2.70. The maximum atomic E-state index is 13.3. The number of aryl methyl sites for hydroxylation is 12. The molecule has 8 aromatic heterocycles. The summed E-state index contributed by atoms with van der Waals surface area (Å²) < 4.78 is 405. The molecular formula is C80H84N12O20S8. The topological polar surface area (TPSA) is 473 Å². The predicted octanol–water partition coefficient (Wildman–Crippen LogP) is 16.9. The highest BCUT2D eigenvalue weighted by Crippen LogP contribution is 2.36. The monoisotopic (exact) mass is 1820 g/mol. The number of hydrogen-bond acceptors (Lipinski definition) is 28. The van der Waals surface area contributed by atoms with E-state index in [1.54, 1.807) is 46.8 Å². The van der Waals surface area contributed by atoms with E-state index in [4.69, 9.17) is 67.4 Å². The first-order valence-corrected chi connectivity index (χ1v) is 42.4. The summed E-state index contributed by atoms with van der Waals surface area (Å²) in [7, 11) is -18.4. The highest BCUT2D eigenvalue weighted by Gasteiger charge is 2.33. The van der Waals surface area contributed by atoms with Crippen LogP contribution < -0.4 is 40.2 Å². The lowest BCUT2D eigenvalue weighted by molar-refractivity contribution is 0.100. The van der Waals surface area contributed by atoms with Gasteiger partial charge in [0.2, 0.25) is 23.5 Å². The minimum absolute atomic E-state index is 0.0390. The van der Waals surface area contributed by atoms with Crippen LogP contribution in [0.5, 0.6) is 0 Å². The number of nitrogens with one attached hydrogen (secondary N) is 8. The van der Waals surface area contributed by atoms with Gasteiger partial charge < -0.3 is 39.4 Å². The van der Waals surface area contributed by atoms with Crippen LogP contribution in [0.1, 0.15) is 246 Å². The molecule has 4 aromatic carbocycles. The lowest BCUT2D eigenvalue weighted by Crippen LogP contribution is -2.20. The van der Waals surface area contributed by atoms with Crippen LogP contribution in [0.25, 0.3) is 0 Å². The van der Waals surface area contributed by atoms with Crippen LogP contribution in [0.15, 0.2) is 132 Å². The van der Waals surface area contributed by atoms with Crippen molar-refractivity contribution in [3.63, 3.8) is 0 Å². The van der Waals surface area contributed by atoms with Crippen LogP contribution in [0, 0.1) is 110 Å². The molecule has 0 atom stereocenters. The molecule has 120 heavy (non-hydrogen) atoms. The predicted molar refractivity (Wildman–Crippen MR) is 460 cm³/mol. The van der Waals surface area contributed by atoms with Crippen molar-refractivity contribution >= 4 is 178 Å². The first-order chi connectivity index (χ1) is 70.6. The van der Waals surface area contributed by atoms with Crippen LogP contribution in [-0.4, -0.2) is 101 Å². The number of thiophene rings is 4. The molecule has 0 aliphatic carbocycles. The highest BCUT2D eigenvalue weighted by molar-refractivity contribution is 7.94. The Morgan fingerprint density at radius 2 is 0.558 bits per heavy atom. The van der Waals surface area contributed by atoms with Gasteiger partial charge in [-0.2, -0.15) is 0 Å². The van der Waals surface area contributed by atoms with Gasteiger partial charge in [-0.1, -0.05) is 44.9 Å². The van der Waals surface area contributed by atoms with Gasteiger partial charge in [-0.05, 0) is 252 Å². The van der Waals surface area contributed by atoms with Crippen molar-refractivity contribution in [1.29, 1.82) is 0 Å².